The molecule has 1 aromatic rings. The molecular weight excluding hydrogens is 352 g/mol. The van der Waals surface area contributed by atoms with Crippen LogP contribution in [0.25, 0.3) is 0 Å². The fourth-order valence-corrected chi connectivity index (χ4v) is 3.73. The van der Waals surface area contributed by atoms with Crippen molar-refractivity contribution in [2.24, 2.45) is 0 Å². The summed E-state index contributed by atoms with van der Waals surface area (Å²) in [6, 6.07) is 0. The van der Waals surface area contributed by atoms with Gasteiger partial charge < -0.3 is 29.0 Å². The highest BCUT2D eigenvalue weighted by Crippen LogP contribution is 2.23. The Bertz CT molecular complexity index is 700. The molecular formula is C18H26N4O5. The van der Waals surface area contributed by atoms with Gasteiger partial charge in [0.2, 0.25) is 0 Å². The standard InChI is InChI=1S/C18H26N4O5/c1-21-6-8-25-12(10-21)9-19-16(23)17-20-13-11-22(5-4-14(13)27-17)18(24)15-3-2-7-26-15/h12,15H,2-11H2,1H3,(H,19,23)/t12-,15-/m1/s1. The molecule has 0 spiro atoms. The molecule has 0 unspecified atom stereocenters. The molecule has 0 bridgehead atoms. The van der Waals surface area contributed by atoms with Gasteiger partial charge in [0.05, 0.1) is 19.3 Å². The first-order chi connectivity index (χ1) is 13.1. The maximum absolute atomic E-state index is 12.5. The van der Waals surface area contributed by atoms with Crippen LogP contribution in [0.3, 0.4) is 0 Å². The summed E-state index contributed by atoms with van der Waals surface area (Å²) in [7, 11) is 2.03. The first-order valence-corrected chi connectivity index (χ1v) is 9.57. The number of rotatable bonds is 4. The molecule has 0 radical (unpaired) electrons. The zero-order chi connectivity index (χ0) is 18.8. The van der Waals surface area contributed by atoms with Crippen molar-refractivity contribution in [3.8, 4) is 0 Å². The Labute approximate surface area is 158 Å². The summed E-state index contributed by atoms with van der Waals surface area (Å²) in [5, 5.41) is 2.83. The summed E-state index contributed by atoms with van der Waals surface area (Å²) in [4.78, 5) is 33.1. The van der Waals surface area contributed by atoms with Crippen LogP contribution in [-0.2, 0) is 27.2 Å². The topological polar surface area (TPSA) is 97.1 Å². The molecule has 2 saturated heterocycles. The molecule has 1 N–H and O–H groups in total. The minimum Gasteiger partial charge on any atom is -0.437 e. The Hall–Kier alpha value is -1.97. The van der Waals surface area contributed by atoms with Gasteiger partial charge in [0, 0.05) is 39.2 Å². The van der Waals surface area contributed by atoms with Crippen molar-refractivity contribution >= 4 is 11.8 Å². The molecule has 2 atom stereocenters. The van der Waals surface area contributed by atoms with Crippen molar-refractivity contribution in [2.75, 3.05) is 46.4 Å². The van der Waals surface area contributed by atoms with Crippen molar-refractivity contribution in [3.05, 3.63) is 17.3 Å². The SMILES string of the molecule is CN1CCO[C@H](CNC(=O)c2nc3c(o2)CCN(C(=O)[C@H]2CCCO2)C3)C1. The van der Waals surface area contributed by atoms with Crippen molar-refractivity contribution in [1.29, 1.82) is 0 Å². The maximum Gasteiger partial charge on any atom is 0.307 e. The highest BCUT2D eigenvalue weighted by atomic mass is 16.5. The maximum atomic E-state index is 12.5. The minimum absolute atomic E-state index is 0.00530. The number of morpholine rings is 1. The van der Waals surface area contributed by atoms with Crippen LogP contribution in [0, 0.1) is 0 Å². The van der Waals surface area contributed by atoms with Gasteiger partial charge in [-0.1, -0.05) is 0 Å². The number of likely N-dealkylation sites (N-methyl/N-ethyl adjacent to an activating group) is 1. The van der Waals surface area contributed by atoms with Gasteiger partial charge in [0.1, 0.15) is 17.6 Å². The van der Waals surface area contributed by atoms with E-state index in [0.29, 0.717) is 50.7 Å². The molecule has 0 aliphatic carbocycles. The summed E-state index contributed by atoms with van der Waals surface area (Å²) >= 11 is 0. The van der Waals surface area contributed by atoms with Crippen molar-refractivity contribution < 1.29 is 23.5 Å². The second kappa shape index (κ2) is 7.95. The van der Waals surface area contributed by atoms with Gasteiger partial charge in [0.25, 0.3) is 11.8 Å². The molecule has 3 aliphatic rings. The fraction of sp³-hybridized carbons (Fsp3) is 0.722. The third-order valence-electron chi connectivity index (χ3n) is 5.27. The second-order valence-corrected chi connectivity index (χ2v) is 7.37. The number of amides is 2. The largest absolute Gasteiger partial charge is 0.437 e. The monoisotopic (exact) mass is 378 g/mol. The predicted molar refractivity (Wildman–Crippen MR) is 94.2 cm³/mol. The van der Waals surface area contributed by atoms with Gasteiger partial charge in [0.15, 0.2) is 0 Å². The van der Waals surface area contributed by atoms with Gasteiger partial charge >= 0.3 is 5.91 Å². The Balaban J connectivity index is 1.33. The Morgan fingerprint density at radius 2 is 2.15 bits per heavy atom. The van der Waals surface area contributed by atoms with Crippen LogP contribution >= 0.6 is 0 Å². The molecule has 2 fully saturated rings. The first kappa shape index (κ1) is 18.4. The summed E-state index contributed by atoms with van der Waals surface area (Å²) in [6.45, 7) is 4.33. The minimum atomic E-state index is -0.349. The van der Waals surface area contributed by atoms with Crippen molar-refractivity contribution in [2.45, 2.75) is 38.0 Å². The van der Waals surface area contributed by atoms with E-state index < -0.39 is 0 Å². The quantitative estimate of drug-likeness (QED) is 0.775. The lowest BCUT2D eigenvalue weighted by molar-refractivity contribution is -0.142. The summed E-state index contributed by atoms with van der Waals surface area (Å²) in [5.74, 6) is 0.393. The van der Waals surface area contributed by atoms with Crippen LogP contribution in [0.4, 0.5) is 0 Å². The van der Waals surface area contributed by atoms with Crippen LogP contribution < -0.4 is 5.32 Å². The molecule has 0 saturated carbocycles. The lowest BCUT2D eigenvalue weighted by atomic mass is 10.1. The zero-order valence-electron chi connectivity index (χ0n) is 15.6. The van der Waals surface area contributed by atoms with E-state index in [0.717, 1.165) is 25.9 Å². The van der Waals surface area contributed by atoms with Crippen LogP contribution in [0.15, 0.2) is 4.42 Å². The van der Waals surface area contributed by atoms with E-state index >= 15 is 0 Å². The molecule has 4 heterocycles. The molecule has 9 heteroatoms. The van der Waals surface area contributed by atoms with Gasteiger partial charge in [-0.25, -0.2) is 4.98 Å². The lowest BCUT2D eigenvalue weighted by Crippen LogP contribution is -2.46. The zero-order valence-corrected chi connectivity index (χ0v) is 15.6. The predicted octanol–water partition coefficient (Wildman–Crippen LogP) is -0.201. The summed E-state index contributed by atoms with van der Waals surface area (Å²) < 4.78 is 16.8. The highest BCUT2D eigenvalue weighted by Gasteiger charge is 2.33. The number of hydrogen-bond donors (Lipinski definition) is 1. The fourth-order valence-electron chi connectivity index (χ4n) is 3.73. The number of ether oxygens (including phenoxy) is 2. The number of carbonyl (C=O) groups excluding carboxylic acids is 2. The van der Waals surface area contributed by atoms with E-state index in [1.54, 1.807) is 4.90 Å². The van der Waals surface area contributed by atoms with Gasteiger partial charge in [-0.05, 0) is 19.9 Å². The Kier molecular flexibility index (Phi) is 5.42. The molecule has 4 rings (SSSR count). The van der Waals surface area contributed by atoms with Crippen LogP contribution in [-0.4, -0.2) is 85.2 Å². The molecule has 148 valence electrons. The smallest absolute Gasteiger partial charge is 0.307 e. The summed E-state index contributed by atoms with van der Waals surface area (Å²) in [5.41, 5.74) is 0.659. The number of fused-ring (bicyclic) bond motifs is 1. The second-order valence-electron chi connectivity index (χ2n) is 7.37. The summed E-state index contributed by atoms with van der Waals surface area (Å²) in [6.07, 6.45) is 1.88. The number of oxazole rings is 1. The van der Waals surface area contributed by atoms with Crippen LogP contribution in [0.2, 0.25) is 0 Å². The average molecular weight is 378 g/mol. The Morgan fingerprint density at radius 1 is 1.26 bits per heavy atom. The van der Waals surface area contributed by atoms with E-state index in [1.165, 1.54) is 0 Å². The van der Waals surface area contributed by atoms with E-state index in [-0.39, 0.29) is 29.9 Å². The molecule has 9 nitrogen and oxygen atoms in total. The third kappa shape index (κ3) is 4.15. The van der Waals surface area contributed by atoms with Gasteiger partial charge in [-0.15, -0.1) is 0 Å². The van der Waals surface area contributed by atoms with E-state index in [9.17, 15) is 9.59 Å². The molecule has 1 aromatic heterocycles. The van der Waals surface area contributed by atoms with Gasteiger partial charge in [-0.3, -0.25) is 9.59 Å². The normalized spacial score (nSPS) is 26.0. The van der Waals surface area contributed by atoms with E-state index in [4.69, 9.17) is 13.9 Å². The first-order valence-electron chi connectivity index (χ1n) is 9.57. The van der Waals surface area contributed by atoms with Crippen molar-refractivity contribution in [1.82, 2.24) is 20.1 Å². The van der Waals surface area contributed by atoms with E-state index in [2.05, 4.69) is 15.2 Å². The van der Waals surface area contributed by atoms with Crippen molar-refractivity contribution in [3.63, 3.8) is 0 Å². The lowest BCUT2D eigenvalue weighted by Gasteiger charge is -2.29. The van der Waals surface area contributed by atoms with Crippen LogP contribution in [0.5, 0.6) is 0 Å². The average Bonchev–Trinajstić information content (AvgIpc) is 3.34. The molecule has 2 amide bonds. The molecule has 27 heavy (non-hydrogen) atoms. The van der Waals surface area contributed by atoms with Crippen LogP contribution in [0.1, 0.15) is 35.0 Å². The molecule has 3 aliphatic heterocycles. The third-order valence-corrected chi connectivity index (χ3v) is 5.27. The number of nitrogens with zero attached hydrogens (tertiary/aromatic N) is 3. The number of aromatic nitrogens is 1. The number of nitrogens with one attached hydrogen (secondary N) is 1. The number of hydrogen-bond acceptors (Lipinski definition) is 7. The Morgan fingerprint density at radius 3 is 2.93 bits per heavy atom. The molecule has 0 aromatic carbocycles. The van der Waals surface area contributed by atoms with E-state index in [1.807, 2.05) is 7.05 Å². The van der Waals surface area contributed by atoms with Gasteiger partial charge in [-0.2, -0.15) is 0 Å². The highest BCUT2D eigenvalue weighted by molar-refractivity contribution is 5.89. The number of carbonyl (C=O) groups is 2.